The number of nitrogens with one attached hydrogen (secondary N) is 1. The van der Waals surface area contributed by atoms with Crippen LogP contribution in [-0.2, 0) is 0 Å². The second kappa shape index (κ2) is 6.45. The largest absolute Gasteiger partial charge is 0.344 e. The van der Waals surface area contributed by atoms with Crippen LogP contribution in [0.4, 0.5) is 5.82 Å². The van der Waals surface area contributed by atoms with E-state index in [9.17, 15) is 9.59 Å². The lowest BCUT2D eigenvalue weighted by Gasteiger charge is -2.16. The van der Waals surface area contributed by atoms with Crippen molar-refractivity contribution >= 4 is 34.2 Å². The third kappa shape index (κ3) is 3.03. The van der Waals surface area contributed by atoms with Gasteiger partial charge in [0.1, 0.15) is 11.4 Å². The zero-order valence-electron chi connectivity index (χ0n) is 13.3. The van der Waals surface area contributed by atoms with Gasteiger partial charge in [-0.25, -0.2) is 4.98 Å². The molecule has 0 aliphatic heterocycles. The number of hydrogen-bond donors (Lipinski definition) is 1. The molecule has 0 radical (unpaired) electrons. The van der Waals surface area contributed by atoms with Crippen molar-refractivity contribution in [1.29, 1.82) is 0 Å². The summed E-state index contributed by atoms with van der Waals surface area (Å²) in [6.45, 7) is 3.97. The molecule has 3 aromatic rings. The first-order valence-corrected chi connectivity index (χ1v) is 7.92. The lowest BCUT2D eigenvalue weighted by molar-refractivity contribution is 0.102. The Bertz CT molecular complexity index is 965. The van der Waals surface area contributed by atoms with Gasteiger partial charge >= 0.3 is 0 Å². The van der Waals surface area contributed by atoms with Crippen molar-refractivity contribution in [2.75, 3.05) is 5.32 Å². The van der Waals surface area contributed by atoms with E-state index in [4.69, 9.17) is 11.6 Å². The maximum absolute atomic E-state index is 12.7. The first kappa shape index (κ1) is 16.2. The fourth-order valence-corrected chi connectivity index (χ4v) is 2.71. The Balaban J connectivity index is 2.15. The van der Waals surface area contributed by atoms with Crippen molar-refractivity contribution in [3.05, 3.63) is 69.6 Å². The molecule has 0 aliphatic carbocycles. The number of anilines is 1. The van der Waals surface area contributed by atoms with Gasteiger partial charge < -0.3 is 9.88 Å². The van der Waals surface area contributed by atoms with E-state index in [1.807, 2.05) is 18.4 Å². The smallest absolute Gasteiger partial charge is 0.262 e. The number of carbonyl (C=O) groups excluding carboxylic acids is 1. The maximum atomic E-state index is 12.7. The van der Waals surface area contributed by atoms with E-state index >= 15 is 0 Å². The van der Waals surface area contributed by atoms with Crippen molar-refractivity contribution in [1.82, 2.24) is 9.55 Å². The summed E-state index contributed by atoms with van der Waals surface area (Å²) in [7, 11) is 0. The van der Waals surface area contributed by atoms with Gasteiger partial charge in [0, 0.05) is 28.8 Å². The molecule has 0 saturated heterocycles. The summed E-state index contributed by atoms with van der Waals surface area (Å²) in [5.41, 5.74) is 0.454. The van der Waals surface area contributed by atoms with Crippen LogP contribution in [-0.4, -0.2) is 15.5 Å². The van der Waals surface area contributed by atoms with E-state index in [2.05, 4.69) is 10.3 Å². The van der Waals surface area contributed by atoms with Crippen molar-refractivity contribution in [3.8, 4) is 0 Å². The Morgan fingerprint density at radius 1 is 1.25 bits per heavy atom. The van der Waals surface area contributed by atoms with Gasteiger partial charge in [-0.2, -0.15) is 0 Å². The third-order valence-electron chi connectivity index (χ3n) is 3.70. The van der Waals surface area contributed by atoms with Crippen molar-refractivity contribution < 1.29 is 4.79 Å². The van der Waals surface area contributed by atoms with E-state index in [1.54, 1.807) is 48.8 Å². The standard InChI is InChI=1S/C18H16ClN3O2/c1-11(2)22-10-14(18(24)21-16-5-3-4-8-20-16)17(23)13-9-12(19)6-7-15(13)22/h3-11H,1-2H3,(H,20,21,24). The number of carbonyl (C=O) groups is 1. The summed E-state index contributed by atoms with van der Waals surface area (Å²) in [6.07, 6.45) is 3.16. The van der Waals surface area contributed by atoms with Gasteiger partial charge in [-0.05, 0) is 44.2 Å². The zero-order chi connectivity index (χ0) is 17.3. The topological polar surface area (TPSA) is 64.0 Å². The molecule has 0 aliphatic rings. The molecule has 1 aromatic carbocycles. The Labute approximate surface area is 143 Å². The third-order valence-corrected chi connectivity index (χ3v) is 3.94. The normalized spacial score (nSPS) is 11.0. The van der Waals surface area contributed by atoms with E-state index in [0.717, 1.165) is 5.52 Å². The molecule has 3 rings (SSSR count). The zero-order valence-corrected chi connectivity index (χ0v) is 14.0. The molecule has 0 spiro atoms. The number of amides is 1. The van der Waals surface area contributed by atoms with E-state index < -0.39 is 5.91 Å². The van der Waals surface area contributed by atoms with Gasteiger partial charge in [0.2, 0.25) is 5.43 Å². The van der Waals surface area contributed by atoms with Crippen LogP contribution in [0.5, 0.6) is 0 Å². The molecule has 2 heterocycles. The summed E-state index contributed by atoms with van der Waals surface area (Å²) in [5.74, 6) is -0.0980. The quantitative estimate of drug-likeness (QED) is 0.786. The minimum Gasteiger partial charge on any atom is -0.344 e. The van der Waals surface area contributed by atoms with E-state index in [0.29, 0.717) is 16.2 Å². The highest BCUT2D eigenvalue weighted by Crippen LogP contribution is 2.21. The monoisotopic (exact) mass is 341 g/mol. The molecule has 122 valence electrons. The van der Waals surface area contributed by atoms with Crippen LogP contribution in [0, 0.1) is 0 Å². The molecule has 0 bridgehead atoms. The molecule has 2 aromatic heterocycles. The molecule has 6 heteroatoms. The van der Waals surface area contributed by atoms with Crippen LogP contribution >= 0.6 is 11.6 Å². The Kier molecular flexibility index (Phi) is 4.36. The van der Waals surface area contributed by atoms with Gasteiger partial charge in [0.25, 0.3) is 5.91 Å². The molecule has 0 fully saturated rings. The van der Waals surface area contributed by atoms with Gasteiger partial charge in [-0.15, -0.1) is 0 Å². The van der Waals surface area contributed by atoms with Crippen molar-refractivity contribution in [3.63, 3.8) is 0 Å². The average Bonchev–Trinajstić information content (AvgIpc) is 2.56. The first-order chi connectivity index (χ1) is 11.5. The van der Waals surface area contributed by atoms with Crippen LogP contribution in [0.2, 0.25) is 5.02 Å². The highest BCUT2D eigenvalue weighted by molar-refractivity contribution is 6.31. The van der Waals surface area contributed by atoms with Gasteiger partial charge in [0.15, 0.2) is 0 Å². The lowest BCUT2D eigenvalue weighted by atomic mass is 10.1. The average molecular weight is 342 g/mol. The van der Waals surface area contributed by atoms with Crippen LogP contribution in [0.25, 0.3) is 10.9 Å². The molecule has 1 amide bonds. The molecule has 24 heavy (non-hydrogen) atoms. The molecule has 1 N–H and O–H groups in total. The first-order valence-electron chi connectivity index (χ1n) is 7.54. The predicted molar refractivity (Wildman–Crippen MR) is 95.8 cm³/mol. The second-order valence-electron chi connectivity index (χ2n) is 5.70. The summed E-state index contributed by atoms with van der Waals surface area (Å²) in [6, 6.07) is 10.4. The van der Waals surface area contributed by atoms with Crippen LogP contribution in [0.1, 0.15) is 30.2 Å². The number of fused-ring (bicyclic) bond motifs is 1. The molecule has 0 unspecified atom stereocenters. The number of hydrogen-bond acceptors (Lipinski definition) is 3. The predicted octanol–water partition coefficient (Wildman–Crippen LogP) is 3.88. The number of benzene rings is 1. The van der Waals surface area contributed by atoms with Crippen molar-refractivity contribution in [2.24, 2.45) is 0 Å². The summed E-state index contributed by atoms with van der Waals surface area (Å²) in [4.78, 5) is 29.3. The highest BCUT2D eigenvalue weighted by Gasteiger charge is 2.17. The number of halogens is 1. The van der Waals surface area contributed by atoms with Gasteiger partial charge in [0.05, 0.1) is 5.52 Å². The number of nitrogens with zero attached hydrogens (tertiary/aromatic N) is 2. The summed E-state index contributed by atoms with van der Waals surface area (Å²) in [5, 5.41) is 3.53. The SMILES string of the molecule is CC(C)n1cc(C(=O)Nc2ccccn2)c(=O)c2cc(Cl)ccc21. The second-order valence-corrected chi connectivity index (χ2v) is 6.14. The minimum absolute atomic E-state index is 0.0594. The molecule has 0 saturated carbocycles. The Morgan fingerprint density at radius 2 is 2.04 bits per heavy atom. The molecule has 0 atom stereocenters. The molecular formula is C18H16ClN3O2. The van der Waals surface area contributed by atoms with Crippen LogP contribution < -0.4 is 10.7 Å². The molecule has 5 nitrogen and oxygen atoms in total. The van der Waals surface area contributed by atoms with Crippen molar-refractivity contribution in [2.45, 2.75) is 19.9 Å². The highest BCUT2D eigenvalue weighted by atomic mass is 35.5. The minimum atomic E-state index is -0.491. The fraction of sp³-hybridized carbons (Fsp3) is 0.167. The van der Waals surface area contributed by atoms with E-state index in [-0.39, 0.29) is 17.0 Å². The lowest BCUT2D eigenvalue weighted by Crippen LogP contribution is -2.24. The van der Waals surface area contributed by atoms with Crippen LogP contribution in [0.3, 0.4) is 0 Å². The maximum Gasteiger partial charge on any atom is 0.262 e. The summed E-state index contributed by atoms with van der Waals surface area (Å²) >= 11 is 6.03. The number of aromatic nitrogens is 2. The van der Waals surface area contributed by atoms with E-state index in [1.165, 1.54) is 0 Å². The Hall–Kier alpha value is -2.66. The number of pyridine rings is 2. The fourth-order valence-electron chi connectivity index (χ4n) is 2.54. The molecular weight excluding hydrogens is 326 g/mol. The summed E-state index contributed by atoms with van der Waals surface area (Å²) < 4.78 is 1.89. The number of rotatable bonds is 3. The van der Waals surface area contributed by atoms with Gasteiger partial charge in [-0.3, -0.25) is 9.59 Å². The Morgan fingerprint density at radius 3 is 2.71 bits per heavy atom. The van der Waals surface area contributed by atoms with Gasteiger partial charge in [-0.1, -0.05) is 17.7 Å². The van der Waals surface area contributed by atoms with Crippen LogP contribution in [0.15, 0.2) is 53.6 Å².